The zero-order valence-corrected chi connectivity index (χ0v) is 16.6. The molecule has 0 fully saturated rings. The van der Waals surface area contributed by atoms with Gasteiger partial charge in [0.25, 0.3) is 0 Å². The first-order chi connectivity index (χ1) is 12.9. The SMILES string of the molecule is COC(CNS(=O)(=O)c1ccc(/N=N/c2ccc(N(C)C)cc2)cc1)OC. The van der Waals surface area contributed by atoms with Crippen LogP contribution in [0, 0.1) is 0 Å². The van der Waals surface area contributed by atoms with E-state index in [1.165, 1.54) is 26.4 Å². The molecule has 2 aromatic carbocycles. The van der Waals surface area contributed by atoms with Gasteiger partial charge < -0.3 is 14.4 Å². The van der Waals surface area contributed by atoms with E-state index in [4.69, 9.17) is 9.47 Å². The molecule has 0 amide bonds. The van der Waals surface area contributed by atoms with Gasteiger partial charge in [-0.2, -0.15) is 10.2 Å². The maximum Gasteiger partial charge on any atom is 0.240 e. The number of hydrogen-bond donors (Lipinski definition) is 1. The number of methoxy groups -OCH3 is 2. The topological polar surface area (TPSA) is 92.6 Å². The van der Waals surface area contributed by atoms with Crippen molar-refractivity contribution in [2.45, 2.75) is 11.2 Å². The van der Waals surface area contributed by atoms with Gasteiger partial charge in [-0.05, 0) is 48.5 Å². The number of azo groups is 1. The van der Waals surface area contributed by atoms with Crippen LogP contribution < -0.4 is 9.62 Å². The Labute approximate surface area is 159 Å². The second kappa shape index (κ2) is 9.56. The average Bonchev–Trinajstić information content (AvgIpc) is 2.67. The smallest absolute Gasteiger partial charge is 0.240 e. The van der Waals surface area contributed by atoms with Crippen molar-refractivity contribution in [2.75, 3.05) is 39.8 Å². The van der Waals surface area contributed by atoms with Gasteiger partial charge in [-0.3, -0.25) is 0 Å². The van der Waals surface area contributed by atoms with Crippen LogP contribution >= 0.6 is 0 Å². The molecule has 27 heavy (non-hydrogen) atoms. The van der Waals surface area contributed by atoms with Gasteiger partial charge in [0.2, 0.25) is 10.0 Å². The van der Waals surface area contributed by atoms with Gasteiger partial charge >= 0.3 is 0 Å². The van der Waals surface area contributed by atoms with Crippen LogP contribution in [0.2, 0.25) is 0 Å². The van der Waals surface area contributed by atoms with Crippen molar-refractivity contribution in [2.24, 2.45) is 10.2 Å². The van der Waals surface area contributed by atoms with Crippen LogP contribution in [0.1, 0.15) is 0 Å². The molecule has 0 unspecified atom stereocenters. The van der Waals surface area contributed by atoms with E-state index < -0.39 is 16.3 Å². The van der Waals surface area contributed by atoms with Crippen molar-refractivity contribution in [3.63, 3.8) is 0 Å². The van der Waals surface area contributed by atoms with Crippen LogP contribution in [0.15, 0.2) is 63.7 Å². The zero-order chi connectivity index (χ0) is 19.9. The third-order valence-electron chi connectivity index (χ3n) is 3.76. The lowest BCUT2D eigenvalue weighted by molar-refractivity contribution is -0.0960. The van der Waals surface area contributed by atoms with E-state index in [-0.39, 0.29) is 11.4 Å². The van der Waals surface area contributed by atoms with Crippen LogP contribution in [0.4, 0.5) is 17.1 Å². The quantitative estimate of drug-likeness (QED) is 0.523. The number of rotatable bonds is 9. The molecule has 0 radical (unpaired) electrons. The molecule has 0 atom stereocenters. The lowest BCUT2D eigenvalue weighted by Gasteiger charge is -2.14. The molecule has 9 heteroatoms. The first-order valence-corrected chi connectivity index (χ1v) is 9.68. The molecule has 0 aliphatic carbocycles. The predicted octanol–water partition coefficient (Wildman–Crippen LogP) is 3.07. The summed E-state index contributed by atoms with van der Waals surface area (Å²) in [4.78, 5) is 2.12. The highest BCUT2D eigenvalue weighted by Crippen LogP contribution is 2.22. The maximum atomic E-state index is 12.3. The highest BCUT2D eigenvalue weighted by atomic mass is 32.2. The summed E-state index contributed by atoms with van der Waals surface area (Å²) in [6, 6.07) is 13.8. The van der Waals surface area contributed by atoms with Gasteiger partial charge in [0.05, 0.1) is 22.8 Å². The lowest BCUT2D eigenvalue weighted by atomic mass is 10.3. The fourth-order valence-electron chi connectivity index (χ4n) is 2.15. The number of hydrogen-bond acceptors (Lipinski definition) is 7. The Morgan fingerprint density at radius 2 is 1.41 bits per heavy atom. The Hall–Kier alpha value is -2.33. The number of nitrogens with one attached hydrogen (secondary N) is 1. The molecule has 0 aromatic heterocycles. The number of benzene rings is 2. The van der Waals surface area contributed by atoms with Crippen LogP contribution in [-0.4, -0.2) is 49.6 Å². The normalized spacial score (nSPS) is 12.0. The first-order valence-electron chi connectivity index (χ1n) is 8.20. The molecule has 0 aliphatic rings. The Morgan fingerprint density at radius 3 is 1.85 bits per heavy atom. The standard InChI is InChI=1S/C18H24N4O4S/c1-22(2)16-9-5-14(6-10-16)20-21-15-7-11-17(12-8-15)27(23,24)19-13-18(25-3)26-4/h5-12,18-19H,13H2,1-4H3/b21-20+. The van der Waals surface area contributed by atoms with Gasteiger partial charge in [-0.1, -0.05) is 0 Å². The Morgan fingerprint density at radius 1 is 0.926 bits per heavy atom. The Bertz CT molecular complexity index is 846. The monoisotopic (exact) mass is 392 g/mol. The molecule has 146 valence electrons. The number of nitrogens with zero attached hydrogens (tertiary/aromatic N) is 3. The summed E-state index contributed by atoms with van der Waals surface area (Å²) < 4.78 is 36.9. The van der Waals surface area contributed by atoms with Crippen molar-refractivity contribution < 1.29 is 17.9 Å². The Balaban J connectivity index is 2.03. The summed E-state index contributed by atoms with van der Waals surface area (Å²) in [5.41, 5.74) is 2.33. The molecular formula is C18H24N4O4S. The number of sulfonamides is 1. The maximum absolute atomic E-state index is 12.3. The molecule has 0 spiro atoms. The molecule has 0 aliphatic heterocycles. The number of ether oxygens (including phenoxy) is 2. The molecule has 2 rings (SSSR count). The van der Waals surface area contributed by atoms with Gasteiger partial charge in [-0.25, -0.2) is 13.1 Å². The molecule has 2 aromatic rings. The highest BCUT2D eigenvalue weighted by molar-refractivity contribution is 7.89. The van der Waals surface area contributed by atoms with Crippen LogP contribution in [0.5, 0.6) is 0 Å². The predicted molar refractivity (Wildman–Crippen MR) is 104 cm³/mol. The lowest BCUT2D eigenvalue weighted by Crippen LogP contribution is -2.34. The van der Waals surface area contributed by atoms with E-state index in [0.29, 0.717) is 11.4 Å². The van der Waals surface area contributed by atoms with E-state index in [0.717, 1.165) is 5.69 Å². The van der Waals surface area contributed by atoms with Crippen molar-refractivity contribution in [3.05, 3.63) is 48.5 Å². The van der Waals surface area contributed by atoms with E-state index in [1.54, 1.807) is 12.1 Å². The fourth-order valence-corrected chi connectivity index (χ4v) is 3.17. The van der Waals surface area contributed by atoms with Gasteiger partial charge in [0, 0.05) is 34.0 Å². The molecule has 0 heterocycles. The largest absolute Gasteiger partial charge is 0.378 e. The summed E-state index contributed by atoms with van der Waals surface area (Å²) in [5, 5.41) is 8.29. The molecule has 0 bridgehead atoms. The minimum Gasteiger partial charge on any atom is -0.378 e. The van der Waals surface area contributed by atoms with Gasteiger partial charge in [-0.15, -0.1) is 0 Å². The van der Waals surface area contributed by atoms with Crippen molar-refractivity contribution in [1.29, 1.82) is 0 Å². The van der Waals surface area contributed by atoms with Crippen LogP contribution in [-0.2, 0) is 19.5 Å². The summed E-state index contributed by atoms with van der Waals surface area (Å²) >= 11 is 0. The second-order valence-corrected chi connectivity index (χ2v) is 7.62. The fraction of sp³-hybridized carbons (Fsp3) is 0.333. The van der Waals surface area contributed by atoms with Gasteiger partial charge in [0.1, 0.15) is 0 Å². The summed E-state index contributed by atoms with van der Waals surface area (Å²) in [5.74, 6) is 0. The molecule has 0 saturated carbocycles. The third-order valence-corrected chi connectivity index (χ3v) is 5.20. The van der Waals surface area contributed by atoms with Crippen molar-refractivity contribution >= 4 is 27.1 Å². The van der Waals surface area contributed by atoms with E-state index in [2.05, 4.69) is 15.0 Å². The van der Waals surface area contributed by atoms with Crippen molar-refractivity contribution in [1.82, 2.24) is 4.72 Å². The third kappa shape index (κ3) is 6.10. The second-order valence-electron chi connectivity index (χ2n) is 5.86. The summed E-state index contributed by atoms with van der Waals surface area (Å²) in [6.07, 6.45) is -0.647. The van der Waals surface area contributed by atoms with Crippen LogP contribution in [0.25, 0.3) is 0 Å². The molecular weight excluding hydrogens is 368 g/mol. The zero-order valence-electron chi connectivity index (χ0n) is 15.8. The van der Waals surface area contributed by atoms with E-state index >= 15 is 0 Å². The minimum absolute atomic E-state index is 0.0136. The molecule has 0 saturated heterocycles. The van der Waals surface area contributed by atoms with E-state index in [1.807, 2.05) is 43.3 Å². The molecule has 8 nitrogen and oxygen atoms in total. The Kier molecular flexibility index (Phi) is 7.43. The summed E-state index contributed by atoms with van der Waals surface area (Å²) in [6.45, 7) is 0.0136. The molecule has 1 N–H and O–H groups in total. The average molecular weight is 392 g/mol. The first kappa shape index (κ1) is 21.0. The van der Waals surface area contributed by atoms with E-state index in [9.17, 15) is 8.42 Å². The summed E-state index contributed by atoms with van der Waals surface area (Å²) in [7, 11) is 3.15. The van der Waals surface area contributed by atoms with Gasteiger partial charge in [0.15, 0.2) is 6.29 Å². The highest BCUT2D eigenvalue weighted by Gasteiger charge is 2.16. The van der Waals surface area contributed by atoms with Crippen LogP contribution in [0.3, 0.4) is 0 Å². The number of anilines is 1. The minimum atomic E-state index is -3.66. The van der Waals surface area contributed by atoms with Crippen molar-refractivity contribution in [3.8, 4) is 0 Å².